The zero-order valence-electron chi connectivity index (χ0n) is 13.0. The fourth-order valence-corrected chi connectivity index (χ4v) is 4.39. The minimum absolute atomic E-state index is 0.0639. The van der Waals surface area contributed by atoms with Crippen LogP contribution in [0, 0.1) is 11.8 Å². The third kappa shape index (κ3) is 2.75. The number of carbonyl (C=O) groups excluding carboxylic acids is 1. The van der Waals surface area contributed by atoms with Gasteiger partial charge in [-0.3, -0.25) is 0 Å². The first-order valence-electron chi connectivity index (χ1n) is 7.23. The van der Waals surface area contributed by atoms with Gasteiger partial charge in [-0.15, -0.1) is 6.58 Å². The highest BCUT2D eigenvalue weighted by Crippen LogP contribution is 2.33. The molecule has 1 aromatic rings. The van der Waals surface area contributed by atoms with Gasteiger partial charge in [0.25, 0.3) is 10.0 Å². The fraction of sp³-hybridized carbons (Fsp3) is 0.438. The highest BCUT2D eigenvalue weighted by atomic mass is 32.2. The average molecular weight is 323 g/mol. The van der Waals surface area contributed by atoms with Gasteiger partial charge in [0.2, 0.25) is 0 Å². The Morgan fingerprint density at radius 2 is 1.86 bits per heavy atom. The summed E-state index contributed by atoms with van der Waals surface area (Å²) in [5, 5.41) is 0. The van der Waals surface area contributed by atoms with Crippen LogP contribution in [0.4, 0.5) is 4.79 Å². The number of hydrogen-bond acceptors (Lipinski definition) is 4. The van der Waals surface area contributed by atoms with E-state index in [9.17, 15) is 13.2 Å². The van der Waals surface area contributed by atoms with E-state index >= 15 is 0 Å². The molecule has 1 heterocycles. The monoisotopic (exact) mass is 323 g/mol. The molecule has 0 spiro atoms. The molecule has 0 N–H and O–H groups in total. The second kappa shape index (κ2) is 6.12. The molecular formula is C16H21NO4S. The molecule has 0 radical (unpaired) electrons. The molecule has 5 nitrogen and oxygen atoms in total. The summed E-state index contributed by atoms with van der Waals surface area (Å²) >= 11 is 0. The van der Waals surface area contributed by atoms with Crippen LogP contribution in [0.2, 0.25) is 0 Å². The Morgan fingerprint density at radius 3 is 2.36 bits per heavy atom. The van der Waals surface area contributed by atoms with Crippen molar-refractivity contribution in [3.05, 3.63) is 43.0 Å². The summed E-state index contributed by atoms with van der Waals surface area (Å²) in [4.78, 5) is 12.4. The van der Waals surface area contributed by atoms with E-state index in [0.717, 1.165) is 4.31 Å². The van der Waals surface area contributed by atoms with E-state index in [1.807, 2.05) is 20.8 Å². The lowest BCUT2D eigenvalue weighted by molar-refractivity contribution is -0.0220. The van der Waals surface area contributed by atoms with Gasteiger partial charge in [0, 0.05) is 5.92 Å². The van der Waals surface area contributed by atoms with E-state index in [-0.39, 0.29) is 22.8 Å². The number of amides is 1. The smallest absolute Gasteiger partial charge is 0.424 e. The first-order chi connectivity index (χ1) is 10.3. The van der Waals surface area contributed by atoms with Crippen molar-refractivity contribution in [3.8, 4) is 0 Å². The Labute approximate surface area is 131 Å². The molecule has 1 amide bonds. The van der Waals surface area contributed by atoms with E-state index in [1.54, 1.807) is 18.2 Å². The van der Waals surface area contributed by atoms with Crippen molar-refractivity contribution in [2.75, 3.05) is 0 Å². The number of carbonyl (C=O) groups is 1. The van der Waals surface area contributed by atoms with Crippen molar-refractivity contribution in [2.45, 2.75) is 37.8 Å². The largest absolute Gasteiger partial charge is 0.445 e. The van der Waals surface area contributed by atoms with E-state index in [2.05, 4.69) is 6.58 Å². The molecule has 1 aromatic carbocycles. The van der Waals surface area contributed by atoms with E-state index in [0.29, 0.717) is 0 Å². The van der Waals surface area contributed by atoms with E-state index in [4.69, 9.17) is 4.74 Å². The van der Waals surface area contributed by atoms with Gasteiger partial charge >= 0.3 is 6.09 Å². The summed E-state index contributed by atoms with van der Waals surface area (Å²) in [6, 6.07) is 7.25. The molecule has 0 aromatic heterocycles. The molecule has 1 aliphatic rings. The van der Waals surface area contributed by atoms with E-state index < -0.39 is 22.2 Å². The summed E-state index contributed by atoms with van der Waals surface area (Å²) in [6.07, 6.45) is 0.323. The van der Waals surface area contributed by atoms with Gasteiger partial charge in [-0.05, 0) is 18.1 Å². The summed E-state index contributed by atoms with van der Waals surface area (Å²) in [5.41, 5.74) is 0. The van der Waals surface area contributed by atoms with E-state index in [1.165, 1.54) is 18.2 Å². The third-order valence-corrected chi connectivity index (χ3v) is 5.72. The van der Waals surface area contributed by atoms with Crippen molar-refractivity contribution in [1.82, 2.24) is 4.31 Å². The summed E-state index contributed by atoms with van der Waals surface area (Å²) in [6.45, 7) is 9.46. The van der Waals surface area contributed by atoms with Crippen LogP contribution in [0.1, 0.15) is 20.8 Å². The predicted molar refractivity (Wildman–Crippen MR) is 83.7 cm³/mol. The van der Waals surface area contributed by atoms with Crippen LogP contribution in [0.3, 0.4) is 0 Å². The van der Waals surface area contributed by atoms with Crippen molar-refractivity contribution in [2.24, 2.45) is 11.8 Å². The van der Waals surface area contributed by atoms with Gasteiger partial charge in [-0.25, -0.2) is 13.2 Å². The first kappa shape index (κ1) is 16.5. The van der Waals surface area contributed by atoms with Gasteiger partial charge in [-0.2, -0.15) is 4.31 Å². The molecule has 2 rings (SSSR count). The SMILES string of the molecule is C=C[C@H]1[C@H](C)[C@H](C(C)C)OC(=O)N1S(=O)(=O)c1ccccc1. The molecule has 0 saturated carbocycles. The van der Waals surface area contributed by atoms with Crippen molar-refractivity contribution in [1.29, 1.82) is 0 Å². The minimum atomic E-state index is -3.97. The predicted octanol–water partition coefficient (Wildman–Crippen LogP) is 3.04. The summed E-state index contributed by atoms with van der Waals surface area (Å²) < 4.78 is 31.7. The zero-order chi connectivity index (χ0) is 16.5. The average Bonchev–Trinajstić information content (AvgIpc) is 2.49. The van der Waals surface area contributed by atoms with Crippen molar-refractivity contribution in [3.63, 3.8) is 0 Å². The Bertz CT molecular complexity index is 654. The van der Waals surface area contributed by atoms with Crippen LogP contribution in [-0.2, 0) is 14.8 Å². The number of cyclic esters (lactones) is 1. The maximum atomic E-state index is 12.8. The molecule has 120 valence electrons. The first-order valence-corrected chi connectivity index (χ1v) is 8.67. The lowest BCUT2D eigenvalue weighted by Gasteiger charge is -2.42. The van der Waals surface area contributed by atoms with Crippen LogP contribution >= 0.6 is 0 Å². The maximum Gasteiger partial charge on any atom is 0.424 e. The molecule has 1 aliphatic heterocycles. The number of rotatable bonds is 4. The van der Waals surface area contributed by atoms with Crippen LogP contribution < -0.4 is 0 Å². The normalized spacial score (nSPS) is 25.9. The molecule has 1 saturated heterocycles. The molecule has 0 unspecified atom stereocenters. The molecule has 3 atom stereocenters. The van der Waals surface area contributed by atoms with Gasteiger partial charge in [-0.1, -0.05) is 45.0 Å². The quantitative estimate of drug-likeness (QED) is 0.799. The van der Waals surface area contributed by atoms with Gasteiger partial charge < -0.3 is 4.74 Å². The molecular weight excluding hydrogens is 302 g/mol. The maximum absolute atomic E-state index is 12.8. The fourth-order valence-electron chi connectivity index (χ4n) is 2.82. The Morgan fingerprint density at radius 1 is 1.27 bits per heavy atom. The van der Waals surface area contributed by atoms with Crippen LogP contribution in [-0.4, -0.2) is 31.0 Å². The molecule has 1 fully saturated rings. The molecule has 6 heteroatoms. The number of benzene rings is 1. The Kier molecular flexibility index (Phi) is 4.60. The Balaban J connectivity index is 2.46. The van der Waals surface area contributed by atoms with Crippen LogP contribution in [0.5, 0.6) is 0 Å². The number of hydrogen-bond donors (Lipinski definition) is 0. The van der Waals surface area contributed by atoms with Gasteiger partial charge in [0.05, 0.1) is 10.9 Å². The topological polar surface area (TPSA) is 63.7 Å². The van der Waals surface area contributed by atoms with Gasteiger partial charge in [0.15, 0.2) is 0 Å². The Hall–Kier alpha value is -1.82. The summed E-state index contributed by atoms with van der Waals surface area (Å²) in [5.74, 6) is -0.0725. The van der Waals surface area contributed by atoms with Gasteiger partial charge in [0.1, 0.15) is 6.10 Å². The summed E-state index contributed by atoms with van der Waals surface area (Å²) in [7, 11) is -3.97. The molecule has 22 heavy (non-hydrogen) atoms. The zero-order valence-corrected chi connectivity index (χ0v) is 13.8. The van der Waals surface area contributed by atoms with Crippen molar-refractivity contribution < 1.29 is 17.9 Å². The number of sulfonamides is 1. The lowest BCUT2D eigenvalue weighted by atomic mass is 9.87. The minimum Gasteiger partial charge on any atom is -0.445 e. The second-order valence-electron chi connectivity index (χ2n) is 5.79. The molecule has 0 aliphatic carbocycles. The highest BCUT2D eigenvalue weighted by Gasteiger charge is 2.46. The van der Waals surface area contributed by atoms with Crippen molar-refractivity contribution >= 4 is 16.1 Å². The standard InChI is InChI=1S/C16H21NO4S/c1-5-14-12(4)15(11(2)3)21-16(18)17(14)22(19,20)13-9-7-6-8-10-13/h5-12,14-15H,1H2,2-4H3/t12-,14-,15-/m0/s1. The van der Waals surface area contributed by atoms with Crippen LogP contribution in [0.15, 0.2) is 47.9 Å². The third-order valence-electron chi connectivity index (χ3n) is 3.94. The lowest BCUT2D eigenvalue weighted by Crippen LogP contribution is -2.56. The number of nitrogens with zero attached hydrogens (tertiary/aromatic N) is 1. The molecule has 0 bridgehead atoms. The highest BCUT2D eigenvalue weighted by molar-refractivity contribution is 7.89. The van der Waals surface area contributed by atoms with Crippen LogP contribution in [0.25, 0.3) is 0 Å². The second-order valence-corrected chi connectivity index (χ2v) is 7.61. The number of ether oxygens (including phenoxy) is 1.